The van der Waals surface area contributed by atoms with Crippen molar-refractivity contribution in [1.29, 1.82) is 0 Å². The number of nitrogen functional groups attached to an aromatic ring is 1. The molecule has 1 unspecified atom stereocenters. The number of ether oxygens (including phenoxy) is 6. The van der Waals surface area contributed by atoms with Crippen LogP contribution in [0.5, 0.6) is 5.88 Å². The van der Waals surface area contributed by atoms with Gasteiger partial charge in [0.15, 0.2) is 23.5 Å². The Bertz CT molecular complexity index is 1410. The minimum absolute atomic E-state index is 0.0168. The molecule has 21 heteroatoms. The number of alkyl halides is 2. The minimum Gasteiger partial charge on any atom is -0.476 e. The molecule has 2 aliphatic rings. The van der Waals surface area contributed by atoms with E-state index in [0.717, 1.165) is 17.8 Å². The summed E-state index contributed by atoms with van der Waals surface area (Å²) in [6, 6.07) is 0. The molecular formula is C23H32F2N5O13P. The van der Waals surface area contributed by atoms with Crippen LogP contribution >= 0.6 is 7.82 Å². The fourth-order valence-electron chi connectivity index (χ4n) is 4.31. The molecule has 4 rings (SSSR count). The van der Waals surface area contributed by atoms with Gasteiger partial charge >= 0.3 is 20.1 Å². The van der Waals surface area contributed by atoms with Gasteiger partial charge in [-0.2, -0.15) is 9.97 Å². The van der Waals surface area contributed by atoms with Gasteiger partial charge in [-0.3, -0.25) is 9.09 Å². The predicted molar refractivity (Wildman–Crippen MR) is 139 cm³/mol. The maximum absolute atomic E-state index is 16.3. The summed E-state index contributed by atoms with van der Waals surface area (Å²) in [4.78, 5) is 35.4. The highest BCUT2D eigenvalue weighted by Crippen LogP contribution is 2.74. The Morgan fingerprint density at radius 3 is 2.16 bits per heavy atom. The third kappa shape index (κ3) is 6.09. The van der Waals surface area contributed by atoms with Crippen molar-refractivity contribution in [3.8, 4) is 5.88 Å². The number of nitrogens with two attached hydrogens (primary N) is 1. The molecule has 3 N–H and O–H groups in total. The summed E-state index contributed by atoms with van der Waals surface area (Å²) < 4.78 is 90.8. The van der Waals surface area contributed by atoms with Crippen LogP contribution in [0.15, 0.2) is 6.33 Å². The number of carbonyl (C=O) groups excluding carboxylic acids is 2. The van der Waals surface area contributed by atoms with Gasteiger partial charge in [0.25, 0.3) is 5.85 Å². The number of imidazole rings is 1. The van der Waals surface area contributed by atoms with Crippen molar-refractivity contribution in [2.45, 2.75) is 83.2 Å². The van der Waals surface area contributed by atoms with Gasteiger partial charge in [0.2, 0.25) is 31.1 Å². The largest absolute Gasteiger partial charge is 0.510 e. The van der Waals surface area contributed by atoms with Crippen LogP contribution in [0.4, 0.5) is 24.3 Å². The molecule has 1 aliphatic heterocycles. The summed E-state index contributed by atoms with van der Waals surface area (Å²) in [7, 11) is -5.14. The number of fused-ring (bicyclic) bond motifs is 2. The molecule has 0 bridgehead atoms. The number of phosphoric ester groups is 1. The van der Waals surface area contributed by atoms with E-state index in [-0.39, 0.29) is 29.6 Å². The lowest BCUT2D eigenvalue weighted by Crippen LogP contribution is -2.46. The second-order valence-electron chi connectivity index (χ2n) is 10.2. The van der Waals surface area contributed by atoms with Gasteiger partial charge in [-0.1, -0.05) is 0 Å². The van der Waals surface area contributed by atoms with Gasteiger partial charge in [0.05, 0.1) is 25.1 Å². The topological polar surface area (TPSA) is 224 Å². The summed E-state index contributed by atoms with van der Waals surface area (Å²) >= 11 is 0. The SMILES string of the molecule is CCOc1nc(N)nc2c1ncn2[C@@H]1O[C@]2(F)C(OP(=O)(OCOC(=O)OC(C)C)OCOC(=O)OC(C)C)[C@]2(F)[C@@]1(C)O. The zero-order valence-electron chi connectivity index (χ0n) is 24.4. The molecule has 44 heavy (non-hydrogen) atoms. The van der Waals surface area contributed by atoms with Crippen LogP contribution in [0.1, 0.15) is 47.8 Å². The van der Waals surface area contributed by atoms with Crippen LogP contribution in [0.3, 0.4) is 0 Å². The van der Waals surface area contributed by atoms with E-state index in [1.54, 1.807) is 6.92 Å². The highest BCUT2D eigenvalue weighted by Gasteiger charge is 2.97. The lowest BCUT2D eigenvalue weighted by atomic mass is 9.96. The maximum Gasteiger partial charge on any atom is 0.510 e. The Morgan fingerprint density at radius 2 is 1.68 bits per heavy atom. The van der Waals surface area contributed by atoms with Crippen LogP contribution in [0.25, 0.3) is 11.2 Å². The zero-order valence-corrected chi connectivity index (χ0v) is 25.3. The molecule has 5 atom stereocenters. The number of rotatable bonds is 13. The molecule has 2 fully saturated rings. The fraction of sp³-hybridized carbons (Fsp3) is 0.696. The first-order valence-electron chi connectivity index (χ1n) is 13.1. The summed E-state index contributed by atoms with van der Waals surface area (Å²) in [5.74, 6) is -3.71. The average Bonchev–Trinajstić information content (AvgIpc) is 3.14. The molecule has 18 nitrogen and oxygen atoms in total. The minimum atomic E-state index is -5.14. The van der Waals surface area contributed by atoms with Crippen molar-refractivity contribution in [1.82, 2.24) is 19.5 Å². The van der Waals surface area contributed by atoms with E-state index < -0.39 is 75.4 Å². The maximum atomic E-state index is 16.3. The van der Waals surface area contributed by atoms with E-state index >= 15 is 8.78 Å². The Balaban J connectivity index is 1.54. The fourth-order valence-corrected chi connectivity index (χ4v) is 5.41. The second-order valence-corrected chi connectivity index (χ2v) is 11.8. The quantitative estimate of drug-likeness (QED) is 0.180. The van der Waals surface area contributed by atoms with Crippen molar-refractivity contribution in [3.63, 3.8) is 0 Å². The van der Waals surface area contributed by atoms with Gasteiger partial charge in [-0.05, 0) is 41.5 Å². The number of carbonyl (C=O) groups is 2. The molecule has 3 heterocycles. The molecule has 246 valence electrons. The van der Waals surface area contributed by atoms with E-state index in [1.807, 2.05) is 0 Å². The summed E-state index contributed by atoms with van der Waals surface area (Å²) in [5, 5.41) is 11.3. The smallest absolute Gasteiger partial charge is 0.476 e. The van der Waals surface area contributed by atoms with Gasteiger partial charge in [0.1, 0.15) is 5.60 Å². The van der Waals surface area contributed by atoms with Crippen LogP contribution in [0, 0.1) is 0 Å². The molecule has 1 saturated carbocycles. The molecule has 2 aromatic rings. The van der Waals surface area contributed by atoms with E-state index in [0.29, 0.717) is 0 Å². The Labute approximate surface area is 248 Å². The van der Waals surface area contributed by atoms with E-state index in [9.17, 15) is 19.3 Å². The highest BCUT2D eigenvalue weighted by atomic mass is 31.2. The number of phosphoric acid groups is 1. The molecule has 0 radical (unpaired) electrons. The standard InChI is InChI=1S/C23H32F2N5O13P/c1-7-35-15-13-14(28-18(26)29-15)30(8-27-13)17-21(6,33)22(24)16(23(22,25)42-17)43-44(34,38-9-36-19(31)40-11(2)3)39-10-37-20(32)41-12(4)5/h8,11-12,16-17,33H,7,9-10H2,1-6H3,(H2,26,28,29)/t16?,17-,21+,22+,23-/m1/s1. The van der Waals surface area contributed by atoms with Crippen molar-refractivity contribution in [2.75, 3.05) is 25.9 Å². The number of hydrogen-bond acceptors (Lipinski definition) is 17. The summed E-state index contributed by atoms with van der Waals surface area (Å²) in [6.45, 7) is 6.55. The second kappa shape index (κ2) is 12.2. The van der Waals surface area contributed by atoms with Crippen molar-refractivity contribution in [2.24, 2.45) is 0 Å². The van der Waals surface area contributed by atoms with E-state index in [2.05, 4.69) is 24.4 Å². The number of anilines is 1. The van der Waals surface area contributed by atoms with Gasteiger partial charge in [0, 0.05) is 0 Å². The lowest BCUT2D eigenvalue weighted by molar-refractivity contribution is -0.177. The van der Waals surface area contributed by atoms with Crippen molar-refractivity contribution in [3.05, 3.63) is 6.33 Å². The number of aliphatic hydroxyl groups is 1. The van der Waals surface area contributed by atoms with Gasteiger partial charge < -0.3 is 39.3 Å². The van der Waals surface area contributed by atoms with Crippen molar-refractivity contribution < 1.29 is 70.0 Å². The Morgan fingerprint density at radius 1 is 1.11 bits per heavy atom. The number of hydrogen-bond donors (Lipinski definition) is 2. The van der Waals surface area contributed by atoms with Gasteiger partial charge in [-0.15, -0.1) is 0 Å². The molecule has 0 aromatic carbocycles. The third-order valence-electron chi connectivity index (χ3n) is 6.23. The molecule has 0 amide bonds. The Hall–Kier alpha value is -3.42. The zero-order chi connectivity index (χ0) is 32.7. The van der Waals surface area contributed by atoms with Crippen molar-refractivity contribution >= 4 is 37.2 Å². The molecule has 1 saturated heterocycles. The monoisotopic (exact) mass is 655 g/mol. The predicted octanol–water partition coefficient (Wildman–Crippen LogP) is 3.04. The molecule has 1 aliphatic carbocycles. The molecule has 0 spiro atoms. The normalized spacial score (nSPS) is 27.8. The van der Waals surface area contributed by atoms with Crippen LogP contribution < -0.4 is 10.5 Å². The Kier molecular flexibility index (Phi) is 9.26. The summed E-state index contributed by atoms with van der Waals surface area (Å²) in [5.41, 5.74) is -0.408. The average molecular weight is 656 g/mol. The highest BCUT2D eigenvalue weighted by molar-refractivity contribution is 7.48. The first kappa shape index (κ1) is 33.5. The number of aromatic nitrogens is 4. The van der Waals surface area contributed by atoms with Gasteiger partial charge in [-0.25, -0.2) is 37.0 Å². The number of nitrogens with zero attached hydrogens (tertiary/aromatic N) is 4. The molecule has 2 aromatic heterocycles. The first-order chi connectivity index (χ1) is 20.5. The van der Waals surface area contributed by atoms with Crippen LogP contribution in [-0.2, 0) is 41.8 Å². The lowest BCUT2D eigenvalue weighted by Gasteiger charge is -2.31. The third-order valence-corrected chi connectivity index (χ3v) is 7.54. The number of halogens is 2. The summed E-state index contributed by atoms with van der Waals surface area (Å²) in [6.07, 6.45) is -6.81. The van der Waals surface area contributed by atoms with Crippen LogP contribution in [0.2, 0.25) is 0 Å². The molecular weight excluding hydrogens is 623 g/mol. The van der Waals surface area contributed by atoms with E-state index in [1.165, 1.54) is 27.7 Å². The van der Waals surface area contributed by atoms with Crippen LogP contribution in [-0.4, -0.2) is 92.6 Å². The first-order valence-corrected chi connectivity index (χ1v) is 14.6. The van der Waals surface area contributed by atoms with E-state index in [4.69, 9.17) is 38.3 Å².